The van der Waals surface area contributed by atoms with Crippen molar-refractivity contribution in [2.75, 3.05) is 6.54 Å². The summed E-state index contributed by atoms with van der Waals surface area (Å²) in [5, 5.41) is 3.36. The van der Waals surface area contributed by atoms with Crippen LogP contribution in [0.25, 0.3) is 0 Å². The lowest BCUT2D eigenvalue weighted by Crippen LogP contribution is -2.16. The number of rotatable bonds is 5. The summed E-state index contributed by atoms with van der Waals surface area (Å²) in [5.74, 6) is -0.162. The lowest BCUT2D eigenvalue weighted by molar-refractivity contribution is 0.622. The fourth-order valence-corrected chi connectivity index (χ4v) is 2.12. The molecule has 1 N–H and O–H groups in total. The van der Waals surface area contributed by atoms with Crippen molar-refractivity contribution < 1.29 is 4.39 Å². The quantitative estimate of drug-likeness (QED) is 0.636. The second-order valence-corrected chi connectivity index (χ2v) is 5.43. The van der Waals surface area contributed by atoms with E-state index in [1.54, 1.807) is 12.1 Å². The molecule has 0 saturated carbocycles. The molecule has 0 radical (unpaired) electrons. The van der Waals surface area contributed by atoms with E-state index in [-0.39, 0.29) is 5.82 Å². The molecule has 0 aliphatic carbocycles. The summed E-state index contributed by atoms with van der Waals surface area (Å²) in [4.78, 5) is 0. The molecule has 0 aromatic heterocycles. The van der Waals surface area contributed by atoms with Crippen LogP contribution >= 0.6 is 22.6 Å². The predicted molar refractivity (Wildman–Crippen MR) is 81.0 cm³/mol. The first-order valence-electron chi connectivity index (χ1n) is 5.93. The zero-order chi connectivity index (χ0) is 12.8. The molecule has 0 spiro atoms. The monoisotopic (exact) mass is 355 g/mol. The van der Waals surface area contributed by atoms with Gasteiger partial charge in [-0.2, -0.15) is 0 Å². The number of halogens is 2. The van der Waals surface area contributed by atoms with Gasteiger partial charge in [-0.05, 0) is 70.9 Å². The first-order valence-corrected chi connectivity index (χ1v) is 7.01. The Morgan fingerprint density at radius 1 is 1.00 bits per heavy atom. The number of benzene rings is 2. The normalized spacial score (nSPS) is 10.6. The van der Waals surface area contributed by atoms with Gasteiger partial charge in [0.1, 0.15) is 5.82 Å². The van der Waals surface area contributed by atoms with Crippen molar-refractivity contribution in [3.8, 4) is 0 Å². The molecule has 0 fully saturated rings. The van der Waals surface area contributed by atoms with Crippen molar-refractivity contribution in [2.24, 2.45) is 0 Å². The average Bonchev–Trinajstić information content (AvgIpc) is 2.37. The van der Waals surface area contributed by atoms with Crippen molar-refractivity contribution in [1.29, 1.82) is 0 Å². The Balaban J connectivity index is 1.74. The molecular weight excluding hydrogens is 340 g/mol. The molecule has 0 aliphatic rings. The summed E-state index contributed by atoms with van der Waals surface area (Å²) in [6.45, 7) is 1.71. The van der Waals surface area contributed by atoms with E-state index in [4.69, 9.17) is 0 Å². The Morgan fingerprint density at radius 3 is 2.50 bits per heavy atom. The third kappa shape index (κ3) is 4.38. The van der Waals surface area contributed by atoms with Crippen molar-refractivity contribution in [3.05, 3.63) is 69.0 Å². The summed E-state index contributed by atoms with van der Waals surface area (Å²) >= 11 is 2.30. The fourth-order valence-electron chi connectivity index (χ4n) is 1.76. The molecule has 2 aromatic rings. The fraction of sp³-hybridized carbons (Fsp3) is 0.200. The van der Waals surface area contributed by atoms with Crippen LogP contribution in [0, 0.1) is 9.39 Å². The summed E-state index contributed by atoms with van der Waals surface area (Å²) in [7, 11) is 0. The van der Waals surface area contributed by atoms with Crippen LogP contribution in [0.2, 0.25) is 0 Å². The van der Waals surface area contributed by atoms with E-state index in [2.05, 4.69) is 52.2 Å². The van der Waals surface area contributed by atoms with Crippen LogP contribution in [-0.2, 0) is 13.0 Å². The zero-order valence-electron chi connectivity index (χ0n) is 10.00. The standard InChI is InChI=1S/C15H15FIN/c16-14-3-1-2-12(10-14)8-9-18-11-13-4-6-15(17)7-5-13/h1-7,10,18H,8-9,11H2. The van der Waals surface area contributed by atoms with Crippen molar-refractivity contribution in [3.63, 3.8) is 0 Å². The smallest absolute Gasteiger partial charge is 0.123 e. The van der Waals surface area contributed by atoms with Gasteiger partial charge in [0, 0.05) is 10.1 Å². The largest absolute Gasteiger partial charge is 0.312 e. The highest BCUT2D eigenvalue weighted by molar-refractivity contribution is 14.1. The maximum Gasteiger partial charge on any atom is 0.123 e. The third-order valence-corrected chi connectivity index (χ3v) is 3.44. The van der Waals surface area contributed by atoms with Crippen LogP contribution in [0.5, 0.6) is 0 Å². The van der Waals surface area contributed by atoms with Crippen molar-refractivity contribution in [2.45, 2.75) is 13.0 Å². The molecule has 0 bridgehead atoms. The van der Waals surface area contributed by atoms with Gasteiger partial charge in [0.2, 0.25) is 0 Å². The molecular formula is C15H15FIN. The molecule has 0 saturated heterocycles. The van der Waals surface area contributed by atoms with Crippen molar-refractivity contribution >= 4 is 22.6 Å². The van der Waals surface area contributed by atoms with Crippen LogP contribution in [0.4, 0.5) is 4.39 Å². The number of hydrogen-bond donors (Lipinski definition) is 1. The van der Waals surface area contributed by atoms with Gasteiger partial charge in [0.25, 0.3) is 0 Å². The van der Waals surface area contributed by atoms with E-state index in [9.17, 15) is 4.39 Å². The minimum absolute atomic E-state index is 0.162. The van der Waals surface area contributed by atoms with E-state index in [1.165, 1.54) is 15.2 Å². The molecule has 94 valence electrons. The van der Waals surface area contributed by atoms with Crippen LogP contribution in [-0.4, -0.2) is 6.54 Å². The lowest BCUT2D eigenvalue weighted by Gasteiger charge is -2.05. The van der Waals surface area contributed by atoms with Crippen LogP contribution in [0.3, 0.4) is 0 Å². The maximum atomic E-state index is 13.0. The molecule has 0 heterocycles. The summed E-state index contributed by atoms with van der Waals surface area (Å²) in [6, 6.07) is 15.2. The van der Waals surface area contributed by atoms with E-state index in [0.29, 0.717) is 0 Å². The Morgan fingerprint density at radius 2 is 1.78 bits per heavy atom. The van der Waals surface area contributed by atoms with Gasteiger partial charge >= 0.3 is 0 Å². The summed E-state index contributed by atoms with van der Waals surface area (Å²) in [5.41, 5.74) is 2.31. The predicted octanol–water partition coefficient (Wildman–Crippen LogP) is 3.76. The van der Waals surface area contributed by atoms with Gasteiger partial charge in [0.15, 0.2) is 0 Å². The Labute approximate surface area is 121 Å². The van der Waals surface area contributed by atoms with Gasteiger partial charge < -0.3 is 5.32 Å². The average molecular weight is 355 g/mol. The van der Waals surface area contributed by atoms with Crippen LogP contribution < -0.4 is 5.32 Å². The second-order valence-electron chi connectivity index (χ2n) is 4.18. The minimum atomic E-state index is -0.162. The van der Waals surface area contributed by atoms with Gasteiger partial charge in [0.05, 0.1) is 0 Å². The number of nitrogens with one attached hydrogen (secondary N) is 1. The molecule has 2 aromatic carbocycles. The van der Waals surface area contributed by atoms with Gasteiger partial charge in [-0.25, -0.2) is 4.39 Å². The molecule has 0 aliphatic heterocycles. The molecule has 18 heavy (non-hydrogen) atoms. The molecule has 2 rings (SSSR count). The van der Waals surface area contributed by atoms with Crippen LogP contribution in [0.1, 0.15) is 11.1 Å². The topological polar surface area (TPSA) is 12.0 Å². The highest BCUT2D eigenvalue weighted by Gasteiger charge is 1.96. The molecule has 1 nitrogen and oxygen atoms in total. The van der Waals surface area contributed by atoms with E-state index in [0.717, 1.165) is 25.1 Å². The molecule has 0 atom stereocenters. The first-order chi connectivity index (χ1) is 8.74. The summed E-state index contributed by atoms with van der Waals surface area (Å²) in [6.07, 6.45) is 0.849. The third-order valence-electron chi connectivity index (χ3n) is 2.72. The Bertz CT molecular complexity index is 496. The Hall–Kier alpha value is -0.940. The zero-order valence-corrected chi connectivity index (χ0v) is 12.2. The maximum absolute atomic E-state index is 13.0. The molecule has 0 unspecified atom stereocenters. The van der Waals surface area contributed by atoms with Gasteiger partial charge in [-0.15, -0.1) is 0 Å². The number of hydrogen-bond acceptors (Lipinski definition) is 1. The van der Waals surface area contributed by atoms with E-state index >= 15 is 0 Å². The van der Waals surface area contributed by atoms with Crippen LogP contribution in [0.15, 0.2) is 48.5 Å². The first kappa shape index (κ1) is 13.5. The van der Waals surface area contributed by atoms with E-state index < -0.39 is 0 Å². The highest BCUT2D eigenvalue weighted by atomic mass is 127. The minimum Gasteiger partial charge on any atom is -0.312 e. The van der Waals surface area contributed by atoms with Crippen molar-refractivity contribution in [1.82, 2.24) is 5.32 Å². The molecule has 3 heteroatoms. The molecule has 0 amide bonds. The summed E-state index contributed by atoms with van der Waals surface area (Å²) < 4.78 is 14.2. The SMILES string of the molecule is Fc1cccc(CCNCc2ccc(I)cc2)c1. The lowest BCUT2D eigenvalue weighted by atomic mass is 10.1. The van der Waals surface area contributed by atoms with Gasteiger partial charge in [-0.1, -0.05) is 24.3 Å². The Kier molecular flexibility index (Phi) is 5.13. The van der Waals surface area contributed by atoms with Gasteiger partial charge in [-0.3, -0.25) is 0 Å². The second kappa shape index (κ2) is 6.85. The van der Waals surface area contributed by atoms with E-state index in [1.807, 2.05) is 6.07 Å². The highest BCUT2D eigenvalue weighted by Crippen LogP contribution is 2.07.